The maximum atomic E-state index is 14.7. The summed E-state index contributed by atoms with van der Waals surface area (Å²) >= 11 is 0. The summed E-state index contributed by atoms with van der Waals surface area (Å²) in [5.41, 5.74) is 2.13. The van der Waals surface area contributed by atoms with E-state index in [9.17, 15) is 22.0 Å². The largest absolute Gasteiger partial charge is 0.496 e. The normalized spacial score (nSPS) is 14.6. The number of methoxy groups -OCH3 is 1. The second kappa shape index (κ2) is 10.1. The van der Waals surface area contributed by atoms with Gasteiger partial charge in [-0.05, 0) is 22.8 Å². The van der Waals surface area contributed by atoms with Crippen LogP contribution in [0.4, 0.5) is 22.0 Å². The summed E-state index contributed by atoms with van der Waals surface area (Å²) in [4.78, 5) is 0. The Balaban J connectivity index is 2.91. The van der Waals surface area contributed by atoms with Crippen LogP contribution >= 0.6 is 8.58 Å². The molecule has 0 amide bonds. The first kappa shape index (κ1) is 28.6. The molecule has 7 heteroatoms. The van der Waals surface area contributed by atoms with Crippen LogP contribution in [-0.2, 0) is 16.0 Å². The molecule has 0 fully saturated rings. The van der Waals surface area contributed by atoms with Crippen molar-refractivity contribution in [3.8, 4) is 5.75 Å². The van der Waals surface area contributed by atoms with Crippen molar-refractivity contribution in [2.24, 2.45) is 0 Å². The molecule has 2 aromatic rings. The molecule has 0 aliphatic rings. The second-order valence-electron chi connectivity index (χ2n) is 11.1. The Labute approximate surface area is 202 Å². The summed E-state index contributed by atoms with van der Waals surface area (Å²) in [6, 6.07) is 4.06. The van der Waals surface area contributed by atoms with Crippen LogP contribution in [0.15, 0.2) is 12.1 Å². The number of rotatable bonds is 7. The third kappa shape index (κ3) is 5.58. The van der Waals surface area contributed by atoms with Crippen LogP contribution in [0.2, 0.25) is 0 Å². The van der Waals surface area contributed by atoms with Gasteiger partial charge in [-0.1, -0.05) is 88.9 Å². The van der Waals surface area contributed by atoms with Gasteiger partial charge in [0.05, 0.1) is 12.4 Å². The monoisotopic (exact) mass is 502 g/mol. The fourth-order valence-electron chi connectivity index (χ4n) is 4.03. The average Bonchev–Trinajstić information content (AvgIpc) is 2.75. The quantitative estimate of drug-likeness (QED) is 0.160. The predicted molar refractivity (Wildman–Crippen MR) is 131 cm³/mol. The highest BCUT2D eigenvalue weighted by atomic mass is 31.1. The molecule has 2 atom stereocenters. The van der Waals surface area contributed by atoms with Gasteiger partial charge in [0.2, 0.25) is 5.82 Å². The molecule has 0 heterocycles. The van der Waals surface area contributed by atoms with E-state index in [2.05, 4.69) is 47.6 Å². The Morgan fingerprint density at radius 1 is 0.735 bits per heavy atom. The van der Waals surface area contributed by atoms with Gasteiger partial charge in [0.15, 0.2) is 23.3 Å². The van der Waals surface area contributed by atoms with E-state index in [1.54, 1.807) is 7.11 Å². The number of hydrogen-bond acceptors (Lipinski definition) is 1. The number of benzene rings is 2. The van der Waals surface area contributed by atoms with Crippen molar-refractivity contribution >= 4 is 13.9 Å². The molecule has 2 aromatic carbocycles. The molecule has 0 radical (unpaired) electrons. The van der Waals surface area contributed by atoms with Crippen LogP contribution in [0.25, 0.3) is 0 Å². The summed E-state index contributed by atoms with van der Waals surface area (Å²) in [7, 11) is 0.853. The summed E-state index contributed by atoms with van der Waals surface area (Å²) < 4.78 is 77.1. The lowest BCUT2D eigenvalue weighted by Gasteiger charge is -2.36. The molecule has 0 aliphatic carbocycles. The second-order valence-corrected chi connectivity index (χ2v) is 13.0. The number of hydrogen-bond donors (Lipinski definition) is 0. The van der Waals surface area contributed by atoms with Gasteiger partial charge in [0.25, 0.3) is 0 Å². The summed E-state index contributed by atoms with van der Waals surface area (Å²) in [6.07, 6.45) is 2.02. The van der Waals surface area contributed by atoms with E-state index in [1.165, 1.54) is 0 Å². The zero-order chi connectivity index (χ0) is 26.2. The molecule has 190 valence electrons. The van der Waals surface area contributed by atoms with Gasteiger partial charge >= 0.3 is 0 Å². The molecule has 0 spiro atoms. The van der Waals surface area contributed by atoms with Crippen LogP contribution in [0.5, 0.6) is 5.75 Å². The van der Waals surface area contributed by atoms with E-state index in [-0.39, 0.29) is 10.8 Å². The van der Waals surface area contributed by atoms with Crippen molar-refractivity contribution in [3.05, 3.63) is 57.9 Å². The van der Waals surface area contributed by atoms with Crippen molar-refractivity contribution in [2.75, 3.05) is 7.11 Å². The minimum Gasteiger partial charge on any atom is -0.496 e. The van der Waals surface area contributed by atoms with E-state index < -0.39 is 48.1 Å². The Kier molecular flexibility index (Phi) is 8.51. The summed E-state index contributed by atoms with van der Waals surface area (Å²) in [5.74, 6) is -8.90. The van der Waals surface area contributed by atoms with Crippen molar-refractivity contribution in [1.29, 1.82) is 0 Å². The molecule has 0 N–H and O–H groups in total. The van der Waals surface area contributed by atoms with Gasteiger partial charge < -0.3 is 4.74 Å². The van der Waals surface area contributed by atoms with Gasteiger partial charge in [-0.15, -0.1) is 0 Å². The molecular weight excluding hydrogens is 466 g/mol. The van der Waals surface area contributed by atoms with E-state index >= 15 is 0 Å². The first-order chi connectivity index (χ1) is 15.5. The number of ether oxygens (including phenoxy) is 1. The van der Waals surface area contributed by atoms with Gasteiger partial charge in [0, 0.05) is 16.3 Å². The van der Waals surface area contributed by atoms with Gasteiger partial charge in [-0.25, -0.2) is 22.0 Å². The first-order valence-electron chi connectivity index (χ1n) is 11.5. The minimum absolute atomic E-state index is 0.236. The maximum Gasteiger partial charge on any atom is 0.200 e. The number of unbranched alkanes of at least 4 members (excludes halogenated alkanes) is 1. The van der Waals surface area contributed by atoms with E-state index in [0.29, 0.717) is 18.6 Å². The Morgan fingerprint density at radius 2 is 1.21 bits per heavy atom. The molecule has 2 rings (SSSR count). The molecule has 0 saturated carbocycles. The average molecular weight is 503 g/mol. The van der Waals surface area contributed by atoms with Crippen LogP contribution < -0.4 is 10.0 Å². The maximum absolute atomic E-state index is 14.7. The highest BCUT2D eigenvalue weighted by molar-refractivity contribution is 7.48. The molecule has 1 nitrogen and oxygen atoms in total. The fraction of sp³-hybridized carbons (Fsp3) is 0.556. The van der Waals surface area contributed by atoms with Crippen molar-refractivity contribution in [3.63, 3.8) is 0 Å². The Hall–Kier alpha value is -1.68. The standard InChI is InChI=1S/C27H36F5OP/c1-10-11-12-27(8,34-24-21(31)19(29)18(28)20(30)22(24)32)17-14-15(25(2,3)4)13-16(23(17)33-9)26(5,6)7/h13-14,34H,10-12H2,1-9H3. The summed E-state index contributed by atoms with van der Waals surface area (Å²) in [6.45, 7) is 16.2. The Morgan fingerprint density at radius 3 is 1.62 bits per heavy atom. The van der Waals surface area contributed by atoms with Crippen LogP contribution in [0.3, 0.4) is 0 Å². The van der Waals surface area contributed by atoms with Gasteiger partial charge in [0.1, 0.15) is 5.75 Å². The number of halogens is 5. The zero-order valence-corrected chi connectivity index (χ0v) is 22.6. The minimum atomic E-state index is -2.14. The Bertz CT molecular complexity index is 1020. The van der Waals surface area contributed by atoms with Crippen molar-refractivity contribution in [1.82, 2.24) is 0 Å². The SMILES string of the molecule is CCCCC(C)(Pc1c(F)c(F)c(F)c(F)c1F)c1cc(C(C)(C)C)cc(C(C)(C)C)c1OC. The summed E-state index contributed by atoms with van der Waals surface area (Å²) in [5, 5.41) is -1.68. The first-order valence-corrected chi connectivity index (χ1v) is 12.5. The molecule has 0 aromatic heterocycles. The van der Waals surface area contributed by atoms with Gasteiger partial charge in [-0.2, -0.15) is 0 Å². The van der Waals surface area contributed by atoms with Crippen LogP contribution in [-0.4, -0.2) is 7.11 Å². The molecule has 34 heavy (non-hydrogen) atoms. The lowest BCUT2D eigenvalue weighted by Crippen LogP contribution is -2.27. The van der Waals surface area contributed by atoms with Crippen molar-refractivity contribution < 1.29 is 26.7 Å². The molecule has 0 aliphatic heterocycles. The molecule has 0 bridgehead atoms. The molecular formula is C27H36F5OP. The lowest BCUT2D eigenvalue weighted by molar-refractivity contribution is 0.381. The van der Waals surface area contributed by atoms with E-state index in [4.69, 9.17) is 4.74 Å². The third-order valence-corrected chi connectivity index (χ3v) is 7.96. The van der Waals surface area contributed by atoms with Crippen LogP contribution in [0.1, 0.15) is 91.3 Å². The third-order valence-electron chi connectivity index (χ3n) is 6.20. The topological polar surface area (TPSA) is 9.23 Å². The highest BCUT2D eigenvalue weighted by Crippen LogP contribution is 2.52. The van der Waals surface area contributed by atoms with E-state index in [0.717, 1.165) is 23.1 Å². The van der Waals surface area contributed by atoms with E-state index in [1.807, 2.05) is 19.9 Å². The smallest absolute Gasteiger partial charge is 0.200 e. The highest BCUT2D eigenvalue weighted by Gasteiger charge is 2.38. The molecule has 2 unspecified atom stereocenters. The lowest BCUT2D eigenvalue weighted by atomic mass is 9.76. The van der Waals surface area contributed by atoms with Crippen molar-refractivity contribution in [2.45, 2.75) is 90.6 Å². The zero-order valence-electron chi connectivity index (χ0n) is 21.6. The van der Waals surface area contributed by atoms with Crippen LogP contribution in [0, 0.1) is 29.1 Å². The van der Waals surface area contributed by atoms with Gasteiger partial charge in [-0.3, -0.25) is 0 Å². The predicted octanol–water partition coefficient (Wildman–Crippen LogP) is 8.40. The fourth-order valence-corrected chi connectivity index (χ4v) is 5.65. The molecule has 0 saturated heterocycles.